The summed E-state index contributed by atoms with van der Waals surface area (Å²) in [5.41, 5.74) is 1.50. The zero-order chi connectivity index (χ0) is 20.7. The monoisotopic (exact) mass is 437 g/mol. The van der Waals surface area contributed by atoms with E-state index < -0.39 is 18.4 Å². The van der Waals surface area contributed by atoms with Gasteiger partial charge in [-0.3, -0.25) is 4.90 Å². The van der Waals surface area contributed by atoms with Crippen molar-refractivity contribution in [1.29, 1.82) is 0 Å². The Balaban J connectivity index is 1.29. The maximum Gasteiger partial charge on any atom is 0.204 e. The lowest BCUT2D eigenvalue weighted by atomic mass is 10.0. The average Bonchev–Trinajstić information content (AvgIpc) is 3.29. The molecule has 0 aliphatic carbocycles. The number of rotatable bonds is 5. The summed E-state index contributed by atoms with van der Waals surface area (Å²) in [6, 6.07) is 1.87. The Labute approximate surface area is 178 Å². The molecule has 0 bridgehead atoms. The lowest BCUT2D eigenvalue weighted by molar-refractivity contribution is -0.0847. The number of nitrogens with zero attached hydrogens (tertiary/aromatic N) is 4. The molecular formula is C19H25ClFN7O2. The van der Waals surface area contributed by atoms with Gasteiger partial charge in [-0.1, -0.05) is 11.6 Å². The second kappa shape index (κ2) is 8.18. The largest absolute Gasteiger partial charge is 0.378 e. The number of hydrogen-bond donors (Lipinski definition) is 3. The van der Waals surface area contributed by atoms with Crippen LogP contribution in [0.25, 0.3) is 0 Å². The topological polar surface area (TPSA) is 91.7 Å². The molecule has 2 fully saturated rings. The minimum atomic E-state index is -1.04. The standard InChI is InChI=1S/C19H25ClFN7O2/c1-2-30-18-12-3-5-22-17(12)25-19(26-18)24-14-7-23-28(16(14)20)15-4-6-27(8-13(15)21)11-9-29-10-11/h3,5,7,11,13,15,18,22H,2,4,6,8-10H2,1H3,(H2,24,25,26)/t13-,15-,18?/m0/s1. The fraction of sp³-hybridized carbons (Fsp3) is 0.579. The van der Waals surface area contributed by atoms with E-state index in [9.17, 15) is 4.39 Å². The smallest absolute Gasteiger partial charge is 0.204 e. The summed E-state index contributed by atoms with van der Waals surface area (Å²) in [6.45, 7) is 5.01. The number of aromatic amines is 1. The summed E-state index contributed by atoms with van der Waals surface area (Å²) in [7, 11) is 0. The zero-order valence-electron chi connectivity index (χ0n) is 16.6. The summed E-state index contributed by atoms with van der Waals surface area (Å²) < 4.78 is 27.5. The van der Waals surface area contributed by atoms with Gasteiger partial charge in [0.2, 0.25) is 5.96 Å². The number of aliphatic imine (C=N–C) groups is 1. The molecular weight excluding hydrogens is 413 g/mol. The van der Waals surface area contributed by atoms with Crippen LogP contribution in [0.15, 0.2) is 23.5 Å². The number of anilines is 2. The SMILES string of the molecule is CCOC1N=C(Nc2cnn([C@H]3CCN(C4COC4)C[C@@H]3F)c2Cl)Nc2[nH]ccc21. The van der Waals surface area contributed by atoms with Crippen LogP contribution in [0.5, 0.6) is 0 Å². The Morgan fingerprint density at radius 1 is 1.43 bits per heavy atom. The third kappa shape index (κ3) is 3.58. The molecule has 5 heterocycles. The van der Waals surface area contributed by atoms with Gasteiger partial charge in [0, 0.05) is 31.5 Å². The first kappa shape index (κ1) is 19.8. The van der Waals surface area contributed by atoms with Crippen molar-refractivity contribution in [1.82, 2.24) is 19.7 Å². The normalized spacial score (nSPS) is 27.2. The van der Waals surface area contributed by atoms with Gasteiger partial charge in [0.1, 0.15) is 12.0 Å². The van der Waals surface area contributed by atoms with Gasteiger partial charge in [-0.15, -0.1) is 0 Å². The van der Waals surface area contributed by atoms with E-state index in [4.69, 9.17) is 21.1 Å². The van der Waals surface area contributed by atoms with E-state index in [2.05, 4.69) is 30.6 Å². The second-order valence-electron chi connectivity index (χ2n) is 7.70. The van der Waals surface area contributed by atoms with E-state index in [-0.39, 0.29) is 0 Å². The number of likely N-dealkylation sites (tertiary alicyclic amines) is 1. The van der Waals surface area contributed by atoms with Crippen LogP contribution in [0, 0.1) is 0 Å². The Morgan fingerprint density at radius 3 is 3.03 bits per heavy atom. The molecule has 0 saturated carbocycles. The van der Waals surface area contributed by atoms with Crippen LogP contribution in [-0.2, 0) is 9.47 Å². The van der Waals surface area contributed by atoms with Gasteiger partial charge in [0.15, 0.2) is 11.4 Å². The van der Waals surface area contributed by atoms with Gasteiger partial charge >= 0.3 is 0 Å². The van der Waals surface area contributed by atoms with Crippen LogP contribution < -0.4 is 10.6 Å². The molecule has 1 unspecified atom stereocenters. The van der Waals surface area contributed by atoms with Crippen molar-refractivity contribution < 1.29 is 13.9 Å². The number of ether oxygens (including phenoxy) is 2. The number of nitrogens with one attached hydrogen (secondary N) is 3. The minimum Gasteiger partial charge on any atom is -0.378 e. The number of hydrogen-bond acceptors (Lipinski definition) is 7. The number of aromatic nitrogens is 3. The first-order chi connectivity index (χ1) is 14.6. The molecule has 162 valence electrons. The number of halogens is 2. The summed E-state index contributed by atoms with van der Waals surface area (Å²) >= 11 is 6.57. The lowest BCUT2D eigenvalue weighted by Gasteiger charge is -2.42. The fourth-order valence-corrected chi connectivity index (χ4v) is 4.39. The number of guanidine groups is 1. The summed E-state index contributed by atoms with van der Waals surface area (Å²) in [5, 5.41) is 11.1. The van der Waals surface area contributed by atoms with Crippen molar-refractivity contribution in [3.8, 4) is 0 Å². The van der Waals surface area contributed by atoms with Gasteiger partial charge < -0.3 is 25.1 Å². The molecule has 3 aliphatic rings. The molecule has 2 saturated heterocycles. The number of piperidine rings is 1. The van der Waals surface area contributed by atoms with Crippen LogP contribution >= 0.6 is 11.6 Å². The Kier molecular flexibility index (Phi) is 5.40. The molecule has 30 heavy (non-hydrogen) atoms. The highest BCUT2D eigenvalue weighted by Crippen LogP contribution is 2.34. The van der Waals surface area contributed by atoms with Crippen LogP contribution in [0.4, 0.5) is 15.9 Å². The highest BCUT2D eigenvalue weighted by molar-refractivity contribution is 6.33. The van der Waals surface area contributed by atoms with Gasteiger partial charge in [-0.2, -0.15) is 5.10 Å². The van der Waals surface area contributed by atoms with Crippen LogP contribution in [0.1, 0.15) is 31.2 Å². The maximum atomic E-state index is 14.9. The van der Waals surface area contributed by atoms with E-state index in [0.717, 1.165) is 17.9 Å². The number of H-pyrrole nitrogens is 1. The Hall–Kier alpha value is -2.14. The number of fused-ring (bicyclic) bond motifs is 1. The predicted octanol–water partition coefficient (Wildman–Crippen LogP) is 2.78. The first-order valence-electron chi connectivity index (χ1n) is 10.2. The molecule has 3 atom stereocenters. The van der Waals surface area contributed by atoms with Crippen molar-refractivity contribution in [3.05, 3.63) is 29.2 Å². The molecule has 9 nitrogen and oxygen atoms in total. The van der Waals surface area contributed by atoms with Crippen molar-refractivity contribution in [3.63, 3.8) is 0 Å². The van der Waals surface area contributed by atoms with Gasteiger partial charge in [-0.05, 0) is 19.4 Å². The Morgan fingerprint density at radius 2 is 2.30 bits per heavy atom. The van der Waals surface area contributed by atoms with Crippen LogP contribution in [0.2, 0.25) is 5.15 Å². The van der Waals surface area contributed by atoms with E-state index in [1.807, 2.05) is 19.2 Å². The first-order valence-corrected chi connectivity index (χ1v) is 10.6. The zero-order valence-corrected chi connectivity index (χ0v) is 17.4. The van der Waals surface area contributed by atoms with Crippen molar-refractivity contribution >= 4 is 29.1 Å². The molecule has 3 aliphatic heterocycles. The van der Waals surface area contributed by atoms with Gasteiger partial charge in [0.25, 0.3) is 0 Å². The van der Waals surface area contributed by atoms with E-state index in [1.165, 1.54) is 0 Å². The van der Waals surface area contributed by atoms with Crippen LogP contribution in [-0.4, -0.2) is 70.7 Å². The molecule has 0 radical (unpaired) electrons. The van der Waals surface area contributed by atoms with Crippen molar-refractivity contribution in [2.75, 3.05) is 43.5 Å². The molecule has 0 amide bonds. The lowest BCUT2D eigenvalue weighted by Crippen LogP contribution is -2.55. The van der Waals surface area contributed by atoms with Crippen molar-refractivity contribution in [2.24, 2.45) is 4.99 Å². The van der Waals surface area contributed by atoms with E-state index in [0.29, 0.717) is 55.6 Å². The van der Waals surface area contributed by atoms with Gasteiger partial charge in [0.05, 0.1) is 37.2 Å². The fourth-order valence-electron chi connectivity index (χ4n) is 4.13. The summed E-state index contributed by atoms with van der Waals surface area (Å²) in [4.78, 5) is 9.86. The average molecular weight is 438 g/mol. The molecule has 2 aromatic heterocycles. The molecule has 5 rings (SSSR count). The van der Waals surface area contributed by atoms with Gasteiger partial charge in [-0.25, -0.2) is 14.1 Å². The predicted molar refractivity (Wildman–Crippen MR) is 112 cm³/mol. The van der Waals surface area contributed by atoms with E-state index >= 15 is 0 Å². The number of alkyl halides is 1. The maximum absolute atomic E-state index is 14.9. The van der Waals surface area contributed by atoms with Crippen LogP contribution in [0.3, 0.4) is 0 Å². The Bertz CT molecular complexity index is 928. The molecule has 2 aromatic rings. The highest BCUT2D eigenvalue weighted by atomic mass is 35.5. The summed E-state index contributed by atoms with van der Waals surface area (Å²) in [5.74, 6) is 1.30. The summed E-state index contributed by atoms with van der Waals surface area (Å²) in [6.07, 6.45) is 2.63. The second-order valence-corrected chi connectivity index (χ2v) is 8.05. The minimum absolute atomic E-state index is 0.334. The highest BCUT2D eigenvalue weighted by Gasteiger charge is 2.37. The van der Waals surface area contributed by atoms with E-state index in [1.54, 1.807) is 10.9 Å². The molecule has 0 aromatic carbocycles. The third-order valence-electron chi connectivity index (χ3n) is 5.84. The third-order valence-corrected chi connectivity index (χ3v) is 6.21. The quantitative estimate of drug-likeness (QED) is 0.666. The van der Waals surface area contributed by atoms with Crippen molar-refractivity contribution in [2.45, 2.75) is 37.8 Å². The molecule has 0 spiro atoms. The molecule has 11 heteroatoms. The molecule has 3 N–H and O–H groups in total.